The van der Waals surface area contributed by atoms with Crippen LogP contribution in [0.25, 0.3) is 55.2 Å². The Labute approximate surface area is 217 Å². The van der Waals surface area contributed by atoms with Crippen molar-refractivity contribution < 1.29 is 0 Å². The van der Waals surface area contributed by atoms with Crippen molar-refractivity contribution in [3.8, 4) is 33.4 Å². The van der Waals surface area contributed by atoms with Crippen LogP contribution < -0.4 is 0 Å². The largest absolute Gasteiger partial charge is 0.256 e. The molecule has 7 rings (SSSR count). The molecule has 2 aromatic heterocycles. The Morgan fingerprint density at radius 3 is 1.43 bits per heavy atom. The first-order valence-corrected chi connectivity index (χ1v) is 12.9. The van der Waals surface area contributed by atoms with Gasteiger partial charge >= 0.3 is 0 Å². The van der Waals surface area contributed by atoms with Gasteiger partial charge in [0.05, 0.1) is 11.0 Å². The lowest BCUT2D eigenvalue weighted by Gasteiger charge is -2.23. The van der Waals surface area contributed by atoms with Crippen LogP contribution in [0.15, 0.2) is 97.3 Å². The molecule has 0 amide bonds. The van der Waals surface area contributed by atoms with Crippen LogP contribution in [0, 0.1) is 13.8 Å². The molecular weight excluding hydrogens is 448 g/mol. The zero-order valence-corrected chi connectivity index (χ0v) is 21.6. The van der Waals surface area contributed by atoms with Crippen molar-refractivity contribution in [2.75, 3.05) is 0 Å². The predicted octanol–water partition coefficient (Wildman–Crippen LogP) is 9.04. The van der Waals surface area contributed by atoms with Gasteiger partial charge in [0.15, 0.2) is 0 Å². The molecule has 2 heterocycles. The zero-order chi connectivity index (χ0) is 25.3. The lowest BCUT2D eigenvalue weighted by Crippen LogP contribution is -2.15. The maximum atomic E-state index is 4.59. The molecule has 37 heavy (non-hydrogen) atoms. The Hall–Kier alpha value is -4.30. The first kappa shape index (κ1) is 21.9. The van der Waals surface area contributed by atoms with Crippen LogP contribution in [-0.2, 0) is 5.41 Å². The summed E-state index contributed by atoms with van der Waals surface area (Å²) in [5.74, 6) is 0. The van der Waals surface area contributed by atoms with Crippen LogP contribution in [0.4, 0.5) is 0 Å². The Kier molecular flexibility index (Phi) is 4.65. The fourth-order valence-electron chi connectivity index (χ4n) is 6.13. The highest BCUT2D eigenvalue weighted by Crippen LogP contribution is 2.52. The molecule has 0 saturated heterocycles. The minimum absolute atomic E-state index is 0.0975. The van der Waals surface area contributed by atoms with Crippen LogP contribution >= 0.6 is 0 Å². The summed E-state index contributed by atoms with van der Waals surface area (Å²) in [5, 5.41) is 2.34. The highest BCUT2D eigenvalue weighted by atomic mass is 14.6. The van der Waals surface area contributed by atoms with Gasteiger partial charge in [-0.25, -0.2) is 0 Å². The van der Waals surface area contributed by atoms with E-state index in [4.69, 9.17) is 0 Å². The molecule has 0 unspecified atom stereocenters. The van der Waals surface area contributed by atoms with Crippen molar-refractivity contribution in [2.24, 2.45) is 0 Å². The van der Waals surface area contributed by atoms with Gasteiger partial charge in [-0.2, -0.15) is 0 Å². The standard InChI is InChI=1S/C35H28N2/c1-21-15-29-30-16-22(2)28(26-12-10-24-8-6-14-37-34(24)18-26)20-32(30)35(3,4)31(29)19-27(21)25-11-9-23-7-5-13-36-33(23)17-25/h5-20H,1-4H3. The molecule has 0 aliphatic heterocycles. The summed E-state index contributed by atoms with van der Waals surface area (Å²) in [4.78, 5) is 9.19. The van der Waals surface area contributed by atoms with Gasteiger partial charge < -0.3 is 0 Å². The molecule has 0 radical (unpaired) electrons. The molecular formula is C35H28N2. The third kappa shape index (κ3) is 3.33. The van der Waals surface area contributed by atoms with Crippen LogP contribution in [0.2, 0.25) is 0 Å². The molecule has 1 aliphatic carbocycles. The third-order valence-corrected chi connectivity index (χ3v) is 8.20. The molecule has 0 N–H and O–H groups in total. The number of aryl methyl sites for hydroxylation is 2. The van der Waals surface area contributed by atoms with Gasteiger partial charge in [-0.1, -0.05) is 62.4 Å². The quantitative estimate of drug-likeness (QED) is 0.249. The minimum atomic E-state index is -0.0975. The fourth-order valence-corrected chi connectivity index (χ4v) is 6.13. The molecule has 0 saturated carbocycles. The van der Waals surface area contributed by atoms with Crippen LogP contribution in [0.1, 0.15) is 36.1 Å². The van der Waals surface area contributed by atoms with E-state index in [0.29, 0.717) is 0 Å². The molecule has 2 heteroatoms. The summed E-state index contributed by atoms with van der Waals surface area (Å²) in [6, 6.07) is 31.1. The van der Waals surface area contributed by atoms with Crippen LogP contribution in [-0.4, -0.2) is 9.97 Å². The molecule has 0 atom stereocenters. The average molecular weight is 477 g/mol. The van der Waals surface area contributed by atoms with Gasteiger partial charge in [0.25, 0.3) is 0 Å². The van der Waals surface area contributed by atoms with Crippen molar-refractivity contribution in [3.63, 3.8) is 0 Å². The maximum absolute atomic E-state index is 4.59. The van der Waals surface area contributed by atoms with Crippen molar-refractivity contribution in [1.29, 1.82) is 0 Å². The van der Waals surface area contributed by atoms with E-state index in [2.05, 4.69) is 110 Å². The summed E-state index contributed by atoms with van der Waals surface area (Å²) >= 11 is 0. The van der Waals surface area contributed by atoms with E-state index < -0.39 is 0 Å². The van der Waals surface area contributed by atoms with E-state index in [9.17, 15) is 0 Å². The zero-order valence-electron chi connectivity index (χ0n) is 21.6. The molecule has 0 bridgehead atoms. The predicted molar refractivity (Wildman–Crippen MR) is 155 cm³/mol. The molecule has 0 spiro atoms. The first-order chi connectivity index (χ1) is 17.9. The molecule has 0 fully saturated rings. The number of hydrogen-bond acceptors (Lipinski definition) is 2. The average Bonchev–Trinajstić information content (AvgIpc) is 3.12. The third-order valence-electron chi connectivity index (χ3n) is 8.20. The van der Waals surface area contributed by atoms with Gasteiger partial charge in [-0.3, -0.25) is 9.97 Å². The van der Waals surface area contributed by atoms with E-state index in [0.717, 1.165) is 11.0 Å². The molecule has 2 nitrogen and oxygen atoms in total. The van der Waals surface area contributed by atoms with Crippen LogP contribution in [0.3, 0.4) is 0 Å². The van der Waals surface area contributed by atoms with Crippen LogP contribution in [0.5, 0.6) is 0 Å². The highest BCUT2D eigenvalue weighted by molar-refractivity contribution is 5.91. The van der Waals surface area contributed by atoms with E-state index in [1.54, 1.807) is 0 Å². The van der Waals surface area contributed by atoms with Crippen molar-refractivity contribution >= 4 is 21.8 Å². The fraction of sp³-hybridized carbons (Fsp3) is 0.143. The van der Waals surface area contributed by atoms with Crippen molar-refractivity contribution in [3.05, 3.63) is 120 Å². The number of rotatable bonds is 2. The summed E-state index contributed by atoms with van der Waals surface area (Å²) < 4.78 is 0. The molecule has 178 valence electrons. The molecule has 1 aliphatic rings. The second-order valence-corrected chi connectivity index (χ2v) is 10.9. The Morgan fingerprint density at radius 1 is 0.514 bits per heavy atom. The van der Waals surface area contributed by atoms with E-state index >= 15 is 0 Å². The highest BCUT2D eigenvalue weighted by Gasteiger charge is 2.36. The van der Waals surface area contributed by atoms with Gasteiger partial charge in [0, 0.05) is 28.6 Å². The second kappa shape index (κ2) is 7.85. The monoisotopic (exact) mass is 476 g/mol. The lowest BCUT2D eigenvalue weighted by molar-refractivity contribution is 0.660. The number of benzene rings is 4. The topological polar surface area (TPSA) is 25.8 Å². The summed E-state index contributed by atoms with van der Waals surface area (Å²) in [6.45, 7) is 9.18. The van der Waals surface area contributed by atoms with Crippen molar-refractivity contribution in [2.45, 2.75) is 33.1 Å². The lowest BCUT2D eigenvalue weighted by atomic mass is 9.80. The first-order valence-electron chi connectivity index (χ1n) is 12.9. The van der Waals surface area contributed by atoms with Gasteiger partial charge in [-0.05, 0) is 106 Å². The normalized spacial score (nSPS) is 13.6. The SMILES string of the molecule is Cc1cc2c(cc1-c1ccc3cccnc3c1)C(C)(C)c1cc(-c3ccc4cccnc4c3)c(C)cc1-2. The van der Waals surface area contributed by atoms with Gasteiger partial charge in [-0.15, -0.1) is 0 Å². The number of hydrogen-bond donors (Lipinski definition) is 0. The van der Waals surface area contributed by atoms with Crippen molar-refractivity contribution in [1.82, 2.24) is 9.97 Å². The smallest absolute Gasteiger partial charge is 0.0708 e. The number of nitrogens with zero attached hydrogens (tertiary/aromatic N) is 2. The molecule has 4 aromatic carbocycles. The van der Waals surface area contributed by atoms with Gasteiger partial charge in [0.2, 0.25) is 0 Å². The summed E-state index contributed by atoms with van der Waals surface area (Å²) in [6.07, 6.45) is 3.74. The minimum Gasteiger partial charge on any atom is -0.256 e. The number of fused-ring (bicyclic) bond motifs is 5. The van der Waals surface area contributed by atoms with E-state index in [-0.39, 0.29) is 5.41 Å². The Bertz CT molecular complexity index is 1740. The number of pyridine rings is 2. The second-order valence-electron chi connectivity index (χ2n) is 10.9. The Morgan fingerprint density at radius 2 is 0.973 bits per heavy atom. The molecule has 6 aromatic rings. The number of aromatic nitrogens is 2. The maximum Gasteiger partial charge on any atom is 0.0708 e. The van der Waals surface area contributed by atoms with E-state index in [1.807, 2.05) is 24.5 Å². The van der Waals surface area contributed by atoms with Gasteiger partial charge in [0.1, 0.15) is 0 Å². The van der Waals surface area contributed by atoms with E-state index in [1.165, 1.54) is 66.4 Å². The summed E-state index contributed by atoms with van der Waals surface area (Å²) in [5.41, 5.74) is 15.1. The summed E-state index contributed by atoms with van der Waals surface area (Å²) in [7, 11) is 0. The Balaban J connectivity index is 1.38.